The summed E-state index contributed by atoms with van der Waals surface area (Å²) in [6.07, 6.45) is 13.7. The molecule has 1 heterocycles. The lowest BCUT2D eigenvalue weighted by Crippen LogP contribution is -2.36. The summed E-state index contributed by atoms with van der Waals surface area (Å²) in [4.78, 5) is 20.7. The van der Waals surface area contributed by atoms with Crippen LogP contribution in [-0.2, 0) is 4.79 Å². The van der Waals surface area contributed by atoms with Crippen LogP contribution < -0.4 is 5.32 Å². The highest BCUT2D eigenvalue weighted by Crippen LogP contribution is 2.33. The molecule has 2 rings (SSSR count). The van der Waals surface area contributed by atoms with E-state index in [-0.39, 0.29) is 11.9 Å². The first-order chi connectivity index (χ1) is 17.4. The normalized spacial score (nSPS) is 14.8. The number of rotatable bonds is 19. The smallest absolute Gasteiger partial charge is 0.220 e. The van der Waals surface area contributed by atoms with Gasteiger partial charge in [0.25, 0.3) is 0 Å². The van der Waals surface area contributed by atoms with E-state index in [1.807, 2.05) is 0 Å². The number of unbranched alkanes of at least 4 members (excludes halogenated alkanes) is 5. The number of nitrogens with zero attached hydrogens (tertiary/aromatic N) is 2. The molecule has 1 aromatic rings. The Bertz CT molecular complexity index is 801. The van der Waals surface area contributed by atoms with Crippen LogP contribution in [0.2, 0.25) is 0 Å². The fourth-order valence-electron chi connectivity index (χ4n) is 4.92. The van der Waals surface area contributed by atoms with Gasteiger partial charge in [-0.15, -0.1) is 11.8 Å². The number of carbonyl (C=O) groups excluding carboxylic acids is 1. The van der Waals surface area contributed by atoms with Crippen molar-refractivity contribution < 1.29 is 4.79 Å². The standard InChI is InChI=1S/C31H51N3OS/c1-6-7-8-9-10-11-15-28(22-26(4)24-34-19-12-13-20-34)33-31(35)16-14-21-36-30-23-27(25(2)3)17-18-29(30)32-5/h17-18,23,25,28H,4-16,19-22,24H2,1-3H3,(H,33,35). The van der Waals surface area contributed by atoms with E-state index in [2.05, 4.69) is 67.5 Å². The molecule has 0 bridgehead atoms. The van der Waals surface area contributed by atoms with Gasteiger partial charge < -0.3 is 5.32 Å². The van der Waals surface area contributed by atoms with Crippen LogP contribution in [0.15, 0.2) is 40.2 Å². The molecule has 1 aliphatic heterocycles. The van der Waals surface area contributed by atoms with E-state index in [0.717, 1.165) is 42.1 Å². The Morgan fingerprint density at radius 2 is 1.83 bits per heavy atom. The Labute approximate surface area is 225 Å². The summed E-state index contributed by atoms with van der Waals surface area (Å²) in [7, 11) is 0. The Morgan fingerprint density at radius 3 is 2.53 bits per heavy atom. The van der Waals surface area contributed by atoms with Crippen molar-refractivity contribution >= 4 is 30.1 Å². The van der Waals surface area contributed by atoms with Crippen molar-refractivity contribution in [2.45, 2.75) is 115 Å². The average Bonchev–Trinajstić information content (AvgIpc) is 3.36. The number of amides is 1. The molecule has 202 valence electrons. The van der Waals surface area contributed by atoms with Crippen molar-refractivity contribution in [2.75, 3.05) is 25.4 Å². The van der Waals surface area contributed by atoms with E-state index in [9.17, 15) is 4.79 Å². The molecule has 1 saturated heterocycles. The molecule has 1 fully saturated rings. The number of likely N-dealkylation sites (tertiary alicyclic amines) is 1. The molecule has 0 spiro atoms. The lowest BCUT2D eigenvalue weighted by Gasteiger charge is -2.23. The molecule has 36 heavy (non-hydrogen) atoms. The predicted octanol–water partition coefficient (Wildman–Crippen LogP) is 8.29. The maximum Gasteiger partial charge on any atom is 0.220 e. The fraction of sp³-hybridized carbons (Fsp3) is 0.677. The number of nitrogens with one attached hydrogen (secondary N) is 1. The topological polar surface area (TPSA) is 44.7 Å². The van der Waals surface area contributed by atoms with Gasteiger partial charge in [-0.3, -0.25) is 14.7 Å². The van der Waals surface area contributed by atoms with Crippen molar-refractivity contribution in [1.29, 1.82) is 0 Å². The first kappa shape index (κ1) is 30.6. The van der Waals surface area contributed by atoms with Gasteiger partial charge in [0.15, 0.2) is 0 Å². The van der Waals surface area contributed by atoms with Gasteiger partial charge in [0.2, 0.25) is 5.91 Å². The van der Waals surface area contributed by atoms with Gasteiger partial charge in [-0.1, -0.05) is 77.5 Å². The number of benzene rings is 1. The SMILES string of the molecule is C=Nc1ccc(C(C)C)cc1SCCCC(=O)NC(CCCCCCCC)CC(=C)CN1CCCC1. The first-order valence-electron chi connectivity index (χ1n) is 14.3. The van der Waals surface area contributed by atoms with Crippen LogP contribution >= 0.6 is 11.8 Å². The van der Waals surface area contributed by atoms with Gasteiger partial charge in [-0.05, 0) is 81.3 Å². The second kappa shape index (κ2) is 17.8. The van der Waals surface area contributed by atoms with Crippen LogP contribution in [-0.4, -0.2) is 49.0 Å². The summed E-state index contributed by atoms with van der Waals surface area (Å²) in [5.41, 5.74) is 3.51. The maximum atomic E-state index is 12.8. The van der Waals surface area contributed by atoms with Crippen LogP contribution in [0, 0.1) is 0 Å². The van der Waals surface area contributed by atoms with E-state index in [1.165, 1.54) is 75.6 Å². The zero-order valence-electron chi connectivity index (χ0n) is 23.3. The summed E-state index contributed by atoms with van der Waals surface area (Å²) >= 11 is 1.78. The highest BCUT2D eigenvalue weighted by Gasteiger charge is 2.17. The molecule has 0 radical (unpaired) electrons. The second-order valence-electron chi connectivity index (χ2n) is 10.8. The van der Waals surface area contributed by atoms with Gasteiger partial charge >= 0.3 is 0 Å². The van der Waals surface area contributed by atoms with E-state index in [1.54, 1.807) is 11.8 Å². The summed E-state index contributed by atoms with van der Waals surface area (Å²) in [6.45, 7) is 18.1. The summed E-state index contributed by atoms with van der Waals surface area (Å²) in [5, 5.41) is 3.36. The molecule has 0 aliphatic carbocycles. The minimum Gasteiger partial charge on any atom is -0.353 e. The lowest BCUT2D eigenvalue weighted by molar-refractivity contribution is -0.121. The Kier molecular flexibility index (Phi) is 15.1. The third kappa shape index (κ3) is 12.1. The fourth-order valence-corrected chi connectivity index (χ4v) is 5.93. The Morgan fingerprint density at radius 1 is 1.11 bits per heavy atom. The van der Waals surface area contributed by atoms with E-state index >= 15 is 0 Å². The van der Waals surface area contributed by atoms with Gasteiger partial charge in [0.1, 0.15) is 0 Å². The summed E-state index contributed by atoms with van der Waals surface area (Å²) in [5.74, 6) is 1.57. The largest absolute Gasteiger partial charge is 0.353 e. The maximum absolute atomic E-state index is 12.8. The van der Waals surface area contributed by atoms with Crippen molar-refractivity contribution in [1.82, 2.24) is 10.2 Å². The molecule has 1 aliphatic rings. The minimum absolute atomic E-state index is 0.179. The van der Waals surface area contributed by atoms with Crippen LogP contribution in [0.5, 0.6) is 0 Å². The van der Waals surface area contributed by atoms with E-state index < -0.39 is 0 Å². The van der Waals surface area contributed by atoms with Crippen LogP contribution in [0.1, 0.15) is 109 Å². The Balaban J connectivity index is 1.79. The number of thioether (sulfide) groups is 1. The predicted molar refractivity (Wildman–Crippen MR) is 159 cm³/mol. The van der Waals surface area contributed by atoms with Gasteiger partial charge in [0.05, 0.1) is 5.69 Å². The van der Waals surface area contributed by atoms with Crippen molar-refractivity contribution in [3.63, 3.8) is 0 Å². The third-order valence-corrected chi connectivity index (χ3v) is 8.21. The number of hydrogen-bond donors (Lipinski definition) is 1. The van der Waals surface area contributed by atoms with Crippen molar-refractivity contribution in [3.8, 4) is 0 Å². The Hall–Kier alpha value is -1.59. The number of aliphatic imine (C=N–C) groups is 1. The van der Waals surface area contributed by atoms with Crippen LogP contribution in [0.25, 0.3) is 0 Å². The molecule has 1 amide bonds. The molecule has 1 atom stereocenters. The molecule has 0 saturated carbocycles. The molecule has 0 aromatic heterocycles. The highest BCUT2D eigenvalue weighted by molar-refractivity contribution is 7.99. The van der Waals surface area contributed by atoms with Crippen molar-refractivity contribution in [2.24, 2.45) is 4.99 Å². The average molecular weight is 514 g/mol. The van der Waals surface area contributed by atoms with Crippen molar-refractivity contribution in [3.05, 3.63) is 35.9 Å². The molecule has 1 aromatic carbocycles. The second-order valence-corrected chi connectivity index (χ2v) is 11.9. The summed E-state index contributed by atoms with van der Waals surface area (Å²) < 4.78 is 0. The molecular weight excluding hydrogens is 462 g/mol. The van der Waals surface area contributed by atoms with Crippen LogP contribution in [0.4, 0.5) is 5.69 Å². The van der Waals surface area contributed by atoms with Gasteiger partial charge in [0, 0.05) is 23.9 Å². The van der Waals surface area contributed by atoms with E-state index in [0.29, 0.717) is 12.3 Å². The van der Waals surface area contributed by atoms with E-state index in [4.69, 9.17) is 0 Å². The number of carbonyl (C=O) groups is 1. The molecule has 1 N–H and O–H groups in total. The van der Waals surface area contributed by atoms with Gasteiger partial charge in [-0.25, -0.2) is 0 Å². The quantitative estimate of drug-likeness (QED) is 0.0876. The first-order valence-corrected chi connectivity index (χ1v) is 15.3. The zero-order chi connectivity index (χ0) is 26.2. The summed E-state index contributed by atoms with van der Waals surface area (Å²) in [6, 6.07) is 6.63. The highest BCUT2D eigenvalue weighted by atomic mass is 32.2. The monoisotopic (exact) mass is 513 g/mol. The van der Waals surface area contributed by atoms with Gasteiger partial charge in [-0.2, -0.15) is 0 Å². The lowest BCUT2D eigenvalue weighted by atomic mass is 9.99. The zero-order valence-corrected chi connectivity index (χ0v) is 24.1. The number of hydrogen-bond acceptors (Lipinski definition) is 4. The molecule has 5 heteroatoms. The molecular formula is C31H51N3OS. The third-order valence-electron chi connectivity index (χ3n) is 7.08. The minimum atomic E-state index is 0.179. The molecule has 4 nitrogen and oxygen atoms in total. The molecule has 1 unspecified atom stereocenters. The van der Waals surface area contributed by atoms with Crippen LogP contribution in [0.3, 0.4) is 0 Å².